The van der Waals surface area contributed by atoms with Crippen molar-refractivity contribution in [2.75, 3.05) is 18.9 Å². The fourth-order valence-corrected chi connectivity index (χ4v) is 1.97. The van der Waals surface area contributed by atoms with E-state index in [1.165, 1.54) is 0 Å². The highest BCUT2D eigenvalue weighted by atomic mass is 16.2. The average Bonchev–Trinajstić information content (AvgIpc) is 2.53. The number of amides is 1. The standard InChI is InChI=1S/C17H22N4O/c1-13(2)9-18-17-19-10-15(11-20-17)16(22)21(3)12-14-7-5-4-6-8-14/h4-8,10-11,13H,9,12H2,1-3H3,(H,18,19,20). The van der Waals surface area contributed by atoms with Crippen molar-refractivity contribution in [1.29, 1.82) is 0 Å². The Labute approximate surface area is 131 Å². The fraction of sp³-hybridized carbons (Fsp3) is 0.353. The Morgan fingerprint density at radius 3 is 2.41 bits per heavy atom. The Morgan fingerprint density at radius 1 is 1.18 bits per heavy atom. The molecule has 0 radical (unpaired) electrons. The number of aromatic nitrogens is 2. The predicted molar refractivity (Wildman–Crippen MR) is 87.6 cm³/mol. The van der Waals surface area contributed by atoms with E-state index in [1.807, 2.05) is 30.3 Å². The second-order valence-electron chi connectivity index (χ2n) is 5.72. The van der Waals surface area contributed by atoms with Crippen LogP contribution in [0.3, 0.4) is 0 Å². The van der Waals surface area contributed by atoms with Gasteiger partial charge >= 0.3 is 0 Å². The Balaban J connectivity index is 1.97. The SMILES string of the molecule is CC(C)CNc1ncc(C(=O)N(C)Cc2ccccc2)cn1. The van der Waals surface area contributed by atoms with Crippen molar-refractivity contribution in [1.82, 2.24) is 14.9 Å². The summed E-state index contributed by atoms with van der Waals surface area (Å²) >= 11 is 0. The lowest BCUT2D eigenvalue weighted by Gasteiger charge is -2.17. The van der Waals surface area contributed by atoms with E-state index in [0.29, 0.717) is 24.0 Å². The zero-order chi connectivity index (χ0) is 15.9. The van der Waals surface area contributed by atoms with Gasteiger partial charge < -0.3 is 10.2 Å². The highest BCUT2D eigenvalue weighted by Crippen LogP contribution is 2.08. The Kier molecular flexibility index (Phi) is 5.47. The van der Waals surface area contributed by atoms with E-state index in [-0.39, 0.29) is 5.91 Å². The van der Waals surface area contributed by atoms with Crippen LogP contribution in [0.25, 0.3) is 0 Å². The summed E-state index contributed by atoms with van der Waals surface area (Å²) in [5, 5.41) is 3.13. The minimum absolute atomic E-state index is 0.0840. The molecule has 0 saturated heterocycles. The summed E-state index contributed by atoms with van der Waals surface area (Å²) in [6.45, 7) is 5.60. The Hall–Kier alpha value is -2.43. The molecule has 5 heteroatoms. The topological polar surface area (TPSA) is 58.1 Å². The van der Waals surface area contributed by atoms with Crippen LogP contribution in [-0.2, 0) is 6.54 Å². The smallest absolute Gasteiger partial charge is 0.257 e. The van der Waals surface area contributed by atoms with Crippen LogP contribution in [0.5, 0.6) is 0 Å². The second-order valence-corrected chi connectivity index (χ2v) is 5.72. The van der Waals surface area contributed by atoms with Crippen molar-refractivity contribution in [2.24, 2.45) is 5.92 Å². The third-order valence-electron chi connectivity index (χ3n) is 3.18. The van der Waals surface area contributed by atoms with Gasteiger partial charge in [0.15, 0.2) is 0 Å². The van der Waals surface area contributed by atoms with Crippen molar-refractivity contribution >= 4 is 11.9 Å². The fourth-order valence-electron chi connectivity index (χ4n) is 1.97. The Morgan fingerprint density at radius 2 is 1.82 bits per heavy atom. The van der Waals surface area contributed by atoms with Crippen molar-refractivity contribution in [2.45, 2.75) is 20.4 Å². The van der Waals surface area contributed by atoms with Gasteiger partial charge in [-0.05, 0) is 11.5 Å². The van der Waals surface area contributed by atoms with Gasteiger partial charge in [-0.15, -0.1) is 0 Å². The molecule has 1 amide bonds. The van der Waals surface area contributed by atoms with Gasteiger partial charge in [0.2, 0.25) is 5.95 Å². The first-order valence-corrected chi connectivity index (χ1v) is 7.41. The monoisotopic (exact) mass is 298 g/mol. The van der Waals surface area contributed by atoms with E-state index >= 15 is 0 Å². The summed E-state index contributed by atoms with van der Waals surface area (Å²) in [5.74, 6) is 0.983. The summed E-state index contributed by atoms with van der Waals surface area (Å²) in [5.41, 5.74) is 1.59. The molecule has 0 saturated carbocycles. The number of carbonyl (C=O) groups is 1. The van der Waals surface area contributed by atoms with Crippen LogP contribution in [-0.4, -0.2) is 34.4 Å². The van der Waals surface area contributed by atoms with E-state index in [9.17, 15) is 4.79 Å². The van der Waals surface area contributed by atoms with E-state index < -0.39 is 0 Å². The largest absolute Gasteiger partial charge is 0.354 e. The number of anilines is 1. The highest BCUT2D eigenvalue weighted by Gasteiger charge is 2.13. The van der Waals surface area contributed by atoms with Crippen LogP contribution in [0.2, 0.25) is 0 Å². The molecule has 116 valence electrons. The molecular formula is C17H22N4O. The normalized spacial score (nSPS) is 10.5. The van der Waals surface area contributed by atoms with E-state index in [0.717, 1.165) is 12.1 Å². The molecule has 1 N–H and O–H groups in total. The molecule has 0 aliphatic heterocycles. The molecule has 0 spiro atoms. The van der Waals surface area contributed by atoms with Gasteiger partial charge in [0.1, 0.15) is 0 Å². The first kappa shape index (κ1) is 15.9. The lowest BCUT2D eigenvalue weighted by Crippen LogP contribution is -2.26. The molecule has 0 unspecified atom stereocenters. The van der Waals surface area contributed by atoms with Crippen LogP contribution in [0.1, 0.15) is 29.8 Å². The summed E-state index contributed by atoms with van der Waals surface area (Å²) in [6.07, 6.45) is 3.14. The number of hydrogen-bond donors (Lipinski definition) is 1. The predicted octanol–water partition coefficient (Wildman–Crippen LogP) is 2.82. The van der Waals surface area contributed by atoms with Gasteiger partial charge in [0.05, 0.1) is 5.56 Å². The summed E-state index contributed by atoms with van der Waals surface area (Å²) in [7, 11) is 1.78. The van der Waals surface area contributed by atoms with Gasteiger partial charge in [-0.2, -0.15) is 0 Å². The van der Waals surface area contributed by atoms with E-state index in [4.69, 9.17) is 0 Å². The number of nitrogens with zero attached hydrogens (tertiary/aromatic N) is 3. The van der Waals surface area contributed by atoms with Gasteiger partial charge in [-0.1, -0.05) is 44.2 Å². The number of hydrogen-bond acceptors (Lipinski definition) is 4. The minimum Gasteiger partial charge on any atom is -0.354 e. The van der Waals surface area contributed by atoms with E-state index in [1.54, 1.807) is 24.3 Å². The Bertz CT molecular complexity index is 596. The van der Waals surface area contributed by atoms with Gasteiger partial charge in [0, 0.05) is 32.5 Å². The first-order valence-electron chi connectivity index (χ1n) is 7.41. The van der Waals surface area contributed by atoms with E-state index in [2.05, 4.69) is 29.1 Å². The number of benzene rings is 1. The van der Waals surface area contributed by atoms with Crippen molar-refractivity contribution in [3.8, 4) is 0 Å². The van der Waals surface area contributed by atoms with Crippen LogP contribution in [0, 0.1) is 5.92 Å². The van der Waals surface area contributed by atoms with Gasteiger partial charge in [-0.3, -0.25) is 4.79 Å². The number of carbonyl (C=O) groups excluding carboxylic acids is 1. The van der Waals surface area contributed by atoms with Crippen molar-refractivity contribution in [3.05, 3.63) is 53.9 Å². The summed E-state index contributed by atoms with van der Waals surface area (Å²) < 4.78 is 0. The zero-order valence-corrected chi connectivity index (χ0v) is 13.3. The first-order chi connectivity index (χ1) is 10.6. The van der Waals surface area contributed by atoms with Crippen LogP contribution >= 0.6 is 0 Å². The maximum absolute atomic E-state index is 12.4. The molecule has 2 rings (SSSR count). The lowest BCUT2D eigenvalue weighted by molar-refractivity contribution is 0.0784. The molecule has 0 aliphatic carbocycles. The highest BCUT2D eigenvalue weighted by molar-refractivity contribution is 5.93. The molecule has 2 aromatic rings. The molecule has 0 aliphatic rings. The second kappa shape index (κ2) is 7.54. The zero-order valence-electron chi connectivity index (χ0n) is 13.3. The van der Waals surface area contributed by atoms with Crippen LogP contribution in [0.4, 0.5) is 5.95 Å². The number of rotatable bonds is 6. The quantitative estimate of drug-likeness (QED) is 0.891. The van der Waals surface area contributed by atoms with Crippen molar-refractivity contribution in [3.63, 3.8) is 0 Å². The molecule has 1 heterocycles. The third-order valence-corrected chi connectivity index (χ3v) is 3.18. The number of nitrogens with one attached hydrogen (secondary N) is 1. The molecule has 1 aromatic carbocycles. The average molecular weight is 298 g/mol. The summed E-state index contributed by atoms with van der Waals surface area (Å²) in [4.78, 5) is 22.4. The molecule has 22 heavy (non-hydrogen) atoms. The molecule has 0 atom stereocenters. The molecule has 0 bridgehead atoms. The minimum atomic E-state index is -0.0840. The van der Waals surface area contributed by atoms with Crippen molar-refractivity contribution < 1.29 is 4.79 Å². The van der Waals surface area contributed by atoms with Gasteiger partial charge in [0.25, 0.3) is 5.91 Å². The molecule has 0 fully saturated rings. The maximum Gasteiger partial charge on any atom is 0.257 e. The lowest BCUT2D eigenvalue weighted by atomic mass is 10.2. The van der Waals surface area contributed by atoms with Crippen LogP contribution < -0.4 is 5.32 Å². The molecule has 1 aromatic heterocycles. The summed E-state index contributed by atoms with van der Waals surface area (Å²) in [6, 6.07) is 9.89. The maximum atomic E-state index is 12.4. The molecule has 5 nitrogen and oxygen atoms in total. The molecular weight excluding hydrogens is 276 g/mol. The van der Waals surface area contributed by atoms with Crippen LogP contribution in [0.15, 0.2) is 42.7 Å². The third kappa shape index (κ3) is 4.55. The van der Waals surface area contributed by atoms with Gasteiger partial charge in [-0.25, -0.2) is 9.97 Å².